The molecule has 1 aromatic rings. The first-order valence-electron chi connectivity index (χ1n) is 5.84. The molecule has 1 fully saturated rings. The van der Waals surface area contributed by atoms with E-state index in [1.807, 2.05) is 0 Å². The molecule has 1 amide bonds. The molecule has 2 rings (SSSR count). The third-order valence-corrected chi connectivity index (χ3v) is 2.99. The maximum absolute atomic E-state index is 11.5. The van der Waals surface area contributed by atoms with E-state index in [0.717, 1.165) is 18.4 Å². The van der Waals surface area contributed by atoms with E-state index in [0.29, 0.717) is 0 Å². The number of nitro groups is 1. The molecule has 0 atom stereocenters. The predicted octanol–water partition coefficient (Wildman–Crippen LogP) is 2.13. The van der Waals surface area contributed by atoms with Crippen LogP contribution < -0.4 is 10.6 Å². The van der Waals surface area contributed by atoms with Crippen molar-refractivity contribution in [2.24, 2.45) is 5.92 Å². The second kappa shape index (κ2) is 5.31. The minimum Gasteiger partial charge on any atom is -0.327 e. The average molecular weight is 279 g/mol. The summed E-state index contributed by atoms with van der Waals surface area (Å²) in [6.45, 7) is 1.77. The number of carbonyl (C=O) groups is 1. The summed E-state index contributed by atoms with van der Waals surface area (Å²) >= 11 is 4.97. The number of carbonyl (C=O) groups excluding carboxylic acids is 1. The van der Waals surface area contributed by atoms with Gasteiger partial charge in [0.05, 0.1) is 4.92 Å². The number of nitrogens with one attached hydrogen (secondary N) is 2. The number of nitrogens with zero attached hydrogens (tertiary/aromatic N) is 1. The van der Waals surface area contributed by atoms with E-state index in [2.05, 4.69) is 10.6 Å². The lowest BCUT2D eigenvalue weighted by Crippen LogP contribution is -2.35. The van der Waals surface area contributed by atoms with Gasteiger partial charge >= 0.3 is 0 Å². The summed E-state index contributed by atoms with van der Waals surface area (Å²) in [5, 5.41) is 16.2. The zero-order valence-corrected chi connectivity index (χ0v) is 11.1. The fraction of sp³-hybridized carbons (Fsp3) is 0.333. The van der Waals surface area contributed by atoms with Crippen LogP contribution in [0.4, 0.5) is 11.4 Å². The summed E-state index contributed by atoms with van der Waals surface area (Å²) in [5.41, 5.74) is 0.991. The quantitative estimate of drug-likeness (QED) is 0.503. The van der Waals surface area contributed by atoms with Crippen LogP contribution in [0.1, 0.15) is 18.4 Å². The summed E-state index contributed by atoms with van der Waals surface area (Å²) in [6.07, 6.45) is 1.75. The summed E-state index contributed by atoms with van der Waals surface area (Å²) < 4.78 is 0. The summed E-state index contributed by atoms with van der Waals surface area (Å²) in [6, 6.07) is 4.76. The third-order valence-electron chi connectivity index (χ3n) is 2.78. The monoisotopic (exact) mass is 279 g/mol. The number of rotatable bonds is 3. The van der Waals surface area contributed by atoms with Gasteiger partial charge in [0.25, 0.3) is 5.69 Å². The molecular weight excluding hydrogens is 266 g/mol. The number of thiocarbonyl (C=S) groups is 1. The van der Waals surface area contributed by atoms with Crippen molar-refractivity contribution in [3.8, 4) is 0 Å². The van der Waals surface area contributed by atoms with E-state index in [4.69, 9.17) is 12.2 Å². The Bertz CT molecular complexity index is 555. The molecule has 1 aliphatic carbocycles. The van der Waals surface area contributed by atoms with Crippen LogP contribution in [0.5, 0.6) is 0 Å². The van der Waals surface area contributed by atoms with Gasteiger partial charge in [-0.05, 0) is 43.6 Å². The molecule has 0 spiro atoms. The van der Waals surface area contributed by atoms with E-state index in [1.165, 1.54) is 6.07 Å². The van der Waals surface area contributed by atoms with Gasteiger partial charge in [-0.15, -0.1) is 0 Å². The number of anilines is 1. The zero-order chi connectivity index (χ0) is 14.0. The number of amides is 1. The van der Waals surface area contributed by atoms with Crippen molar-refractivity contribution < 1.29 is 9.72 Å². The minimum absolute atomic E-state index is 0.0350. The molecule has 7 heteroatoms. The topological polar surface area (TPSA) is 84.3 Å². The van der Waals surface area contributed by atoms with Gasteiger partial charge in [-0.3, -0.25) is 14.9 Å². The standard InChI is InChI=1S/C12H13N3O3S/c1-7-2-5-9(10(6-7)15(17)18)13-12(19)14-11(16)8-3-4-8/h2,5-6,8H,3-4H2,1H3,(H2,13,14,16,19). The van der Waals surface area contributed by atoms with Crippen LogP contribution >= 0.6 is 12.2 Å². The van der Waals surface area contributed by atoms with Crippen LogP contribution in [0.3, 0.4) is 0 Å². The van der Waals surface area contributed by atoms with Gasteiger partial charge in [0.1, 0.15) is 5.69 Å². The van der Waals surface area contributed by atoms with Crippen molar-refractivity contribution in [2.45, 2.75) is 19.8 Å². The van der Waals surface area contributed by atoms with Crippen molar-refractivity contribution in [1.29, 1.82) is 0 Å². The molecule has 19 heavy (non-hydrogen) atoms. The van der Waals surface area contributed by atoms with Gasteiger partial charge in [0.2, 0.25) is 5.91 Å². The van der Waals surface area contributed by atoms with Crippen LogP contribution in [0.15, 0.2) is 18.2 Å². The van der Waals surface area contributed by atoms with Crippen LogP contribution in [0.25, 0.3) is 0 Å². The summed E-state index contributed by atoms with van der Waals surface area (Å²) in [7, 11) is 0. The normalized spacial score (nSPS) is 13.7. The maximum Gasteiger partial charge on any atom is 0.292 e. The molecule has 0 saturated heterocycles. The molecule has 1 aliphatic rings. The van der Waals surface area contributed by atoms with Crippen molar-refractivity contribution >= 4 is 34.6 Å². The lowest BCUT2D eigenvalue weighted by molar-refractivity contribution is -0.383. The Hall–Kier alpha value is -2.02. The van der Waals surface area contributed by atoms with Crippen molar-refractivity contribution in [3.63, 3.8) is 0 Å². The van der Waals surface area contributed by atoms with Crippen molar-refractivity contribution in [2.75, 3.05) is 5.32 Å². The molecule has 0 radical (unpaired) electrons. The summed E-state index contributed by atoms with van der Waals surface area (Å²) in [4.78, 5) is 22.0. The van der Waals surface area contributed by atoms with Crippen molar-refractivity contribution in [1.82, 2.24) is 5.32 Å². The predicted molar refractivity (Wildman–Crippen MR) is 74.9 cm³/mol. The largest absolute Gasteiger partial charge is 0.327 e. The highest BCUT2D eigenvalue weighted by Crippen LogP contribution is 2.29. The van der Waals surface area contributed by atoms with Gasteiger partial charge in [0, 0.05) is 12.0 Å². The molecule has 1 aromatic carbocycles. The Morgan fingerprint density at radius 1 is 1.47 bits per heavy atom. The van der Waals surface area contributed by atoms with Crippen LogP contribution in [0, 0.1) is 23.0 Å². The molecule has 0 heterocycles. The van der Waals surface area contributed by atoms with E-state index in [-0.39, 0.29) is 28.3 Å². The SMILES string of the molecule is Cc1ccc(NC(=S)NC(=O)C2CC2)c([N+](=O)[O-])c1. The van der Waals surface area contributed by atoms with E-state index in [9.17, 15) is 14.9 Å². The number of nitro benzene ring substituents is 1. The van der Waals surface area contributed by atoms with E-state index < -0.39 is 4.92 Å². The molecular formula is C12H13N3O3S. The summed E-state index contributed by atoms with van der Waals surface area (Å²) in [5.74, 6) is -0.0972. The van der Waals surface area contributed by atoms with E-state index >= 15 is 0 Å². The lowest BCUT2D eigenvalue weighted by atomic mass is 10.2. The first kappa shape index (κ1) is 13.4. The number of hydrogen-bond donors (Lipinski definition) is 2. The smallest absolute Gasteiger partial charge is 0.292 e. The molecule has 0 aromatic heterocycles. The molecule has 1 saturated carbocycles. The first-order chi connectivity index (χ1) is 8.97. The van der Waals surface area contributed by atoms with Gasteiger partial charge in [-0.1, -0.05) is 6.07 Å². The van der Waals surface area contributed by atoms with Gasteiger partial charge in [-0.2, -0.15) is 0 Å². The molecule has 0 unspecified atom stereocenters. The number of hydrogen-bond acceptors (Lipinski definition) is 4. The average Bonchev–Trinajstić information content (AvgIpc) is 3.15. The van der Waals surface area contributed by atoms with Crippen molar-refractivity contribution in [3.05, 3.63) is 33.9 Å². The molecule has 0 bridgehead atoms. The second-order valence-electron chi connectivity index (χ2n) is 4.50. The van der Waals surface area contributed by atoms with E-state index in [1.54, 1.807) is 19.1 Å². The Morgan fingerprint density at radius 3 is 2.74 bits per heavy atom. The molecule has 6 nitrogen and oxygen atoms in total. The Balaban J connectivity index is 2.07. The lowest BCUT2D eigenvalue weighted by Gasteiger charge is -2.09. The number of aryl methyl sites for hydroxylation is 1. The Morgan fingerprint density at radius 2 is 2.16 bits per heavy atom. The van der Waals surface area contributed by atoms with Crippen LogP contribution in [0.2, 0.25) is 0 Å². The second-order valence-corrected chi connectivity index (χ2v) is 4.90. The zero-order valence-electron chi connectivity index (χ0n) is 10.3. The Kier molecular flexibility index (Phi) is 3.75. The highest BCUT2D eigenvalue weighted by atomic mass is 32.1. The minimum atomic E-state index is -0.485. The molecule has 100 valence electrons. The third kappa shape index (κ3) is 3.47. The maximum atomic E-state index is 11.5. The van der Waals surface area contributed by atoms with Gasteiger partial charge < -0.3 is 10.6 Å². The highest BCUT2D eigenvalue weighted by Gasteiger charge is 2.30. The fourth-order valence-corrected chi connectivity index (χ4v) is 1.82. The van der Waals surface area contributed by atoms with Gasteiger partial charge in [-0.25, -0.2) is 0 Å². The molecule has 2 N–H and O–H groups in total. The Labute approximate surface area is 115 Å². The first-order valence-corrected chi connectivity index (χ1v) is 6.25. The van der Waals surface area contributed by atoms with Gasteiger partial charge in [0.15, 0.2) is 5.11 Å². The highest BCUT2D eigenvalue weighted by molar-refractivity contribution is 7.80. The molecule has 0 aliphatic heterocycles. The van der Waals surface area contributed by atoms with Crippen LogP contribution in [-0.4, -0.2) is 15.9 Å². The fourth-order valence-electron chi connectivity index (χ4n) is 1.61. The number of benzene rings is 1. The van der Waals surface area contributed by atoms with Crippen LogP contribution in [-0.2, 0) is 4.79 Å².